The number of ether oxygens (including phenoxy) is 1. The van der Waals surface area contributed by atoms with E-state index in [1.54, 1.807) is 32.9 Å². The van der Waals surface area contributed by atoms with E-state index in [4.69, 9.17) is 9.84 Å². The van der Waals surface area contributed by atoms with Gasteiger partial charge in [-0.1, -0.05) is 12.2 Å². The number of carboxylic acid groups (broad SMARTS) is 1. The molecule has 1 aliphatic rings. The fourth-order valence-electron chi connectivity index (χ4n) is 1.87. The minimum Gasteiger partial charge on any atom is -0.481 e. The quantitative estimate of drug-likeness (QED) is 0.744. The van der Waals surface area contributed by atoms with Crippen LogP contribution in [-0.4, -0.2) is 28.7 Å². The Morgan fingerprint density at radius 1 is 1.16 bits per heavy atom. The zero-order valence-corrected chi connectivity index (χ0v) is 11.3. The molecule has 2 atom stereocenters. The van der Waals surface area contributed by atoms with E-state index in [0.717, 1.165) is 0 Å². The molecule has 0 aromatic heterocycles. The van der Waals surface area contributed by atoms with Gasteiger partial charge in [0.1, 0.15) is 5.60 Å². The van der Waals surface area contributed by atoms with Crippen molar-refractivity contribution in [3.63, 3.8) is 0 Å². The summed E-state index contributed by atoms with van der Waals surface area (Å²) in [7, 11) is 0. The zero-order valence-electron chi connectivity index (χ0n) is 11.3. The smallest absolute Gasteiger partial charge is 0.414 e. The van der Waals surface area contributed by atoms with Crippen LogP contribution >= 0.6 is 0 Å². The Bertz CT molecular complexity index is 408. The molecular formula is C13H19NO5. The lowest BCUT2D eigenvalue weighted by Crippen LogP contribution is -2.43. The lowest BCUT2D eigenvalue weighted by molar-refractivity contribution is -0.147. The summed E-state index contributed by atoms with van der Waals surface area (Å²) in [4.78, 5) is 34.4. The summed E-state index contributed by atoms with van der Waals surface area (Å²) in [6, 6.07) is 0. The third-order valence-corrected chi connectivity index (χ3v) is 2.71. The van der Waals surface area contributed by atoms with E-state index in [-0.39, 0.29) is 0 Å². The van der Waals surface area contributed by atoms with E-state index in [0.29, 0.717) is 12.8 Å². The molecule has 2 amide bonds. The summed E-state index contributed by atoms with van der Waals surface area (Å²) in [5, 5.41) is 11.1. The molecule has 6 heteroatoms. The molecule has 0 saturated carbocycles. The molecule has 0 bridgehead atoms. The van der Waals surface area contributed by atoms with Gasteiger partial charge in [-0.05, 0) is 33.6 Å². The minimum atomic E-state index is -1.03. The van der Waals surface area contributed by atoms with Gasteiger partial charge in [0, 0.05) is 0 Å². The first kappa shape index (κ1) is 15.2. The Balaban J connectivity index is 2.64. The molecule has 6 nitrogen and oxygen atoms in total. The largest absolute Gasteiger partial charge is 0.481 e. The molecule has 0 aromatic rings. The number of carboxylic acids is 1. The van der Waals surface area contributed by atoms with Gasteiger partial charge in [-0.15, -0.1) is 0 Å². The highest BCUT2D eigenvalue weighted by Crippen LogP contribution is 2.26. The van der Waals surface area contributed by atoms with Crippen molar-refractivity contribution >= 4 is 18.0 Å². The van der Waals surface area contributed by atoms with Gasteiger partial charge < -0.3 is 9.84 Å². The van der Waals surface area contributed by atoms with E-state index >= 15 is 0 Å². The van der Waals surface area contributed by atoms with Crippen molar-refractivity contribution in [3.05, 3.63) is 12.2 Å². The summed E-state index contributed by atoms with van der Waals surface area (Å²) in [5.41, 5.74) is -0.705. The van der Waals surface area contributed by atoms with Crippen LogP contribution in [0, 0.1) is 11.8 Å². The van der Waals surface area contributed by atoms with E-state index in [2.05, 4.69) is 5.32 Å². The molecule has 0 heterocycles. The molecule has 1 rings (SSSR count). The fourth-order valence-corrected chi connectivity index (χ4v) is 1.87. The molecule has 106 valence electrons. The first-order valence-electron chi connectivity index (χ1n) is 6.12. The Labute approximate surface area is 111 Å². The lowest BCUT2D eigenvalue weighted by atomic mass is 9.82. The van der Waals surface area contributed by atoms with Crippen molar-refractivity contribution in [2.24, 2.45) is 11.8 Å². The molecular weight excluding hydrogens is 250 g/mol. The van der Waals surface area contributed by atoms with Crippen LogP contribution in [0.2, 0.25) is 0 Å². The average Bonchev–Trinajstić information content (AvgIpc) is 2.26. The van der Waals surface area contributed by atoms with Crippen molar-refractivity contribution in [2.45, 2.75) is 39.2 Å². The molecule has 1 aliphatic carbocycles. The number of imide groups is 1. The third kappa shape index (κ3) is 4.73. The lowest BCUT2D eigenvalue weighted by Gasteiger charge is -2.25. The number of nitrogens with one attached hydrogen (secondary N) is 1. The first-order chi connectivity index (χ1) is 8.70. The van der Waals surface area contributed by atoms with Crippen LogP contribution in [0.4, 0.5) is 4.79 Å². The molecule has 0 spiro atoms. The summed E-state index contributed by atoms with van der Waals surface area (Å²) in [6.07, 6.45) is 3.23. The van der Waals surface area contributed by atoms with Crippen LogP contribution in [0.15, 0.2) is 12.2 Å². The summed E-state index contributed by atoms with van der Waals surface area (Å²) < 4.78 is 4.96. The number of hydrogen-bond acceptors (Lipinski definition) is 4. The first-order valence-corrected chi connectivity index (χ1v) is 6.12. The Kier molecular flexibility index (Phi) is 4.69. The van der Waals surface area contributed by atoms with Crippen LogP contribution in [0.25, 0.3) is 0 Å². The van der Waals surface area contributed by atoms with Gasteiger partial charge in [-0.2, -0.15) is 0 Å². The van der Waals surface area contributed by atoms with Crippen molar-refractivity contribution in [2.75, 3.05) is 0 Å². The topological polar surface area (TPSA) is 92.7 Å². The summed E-state index contributed by atoms with van der Waals surface area (Å²) in [5.74, 6) is -3.18. The number of hydrogen-bond donors (Lipinski definition) is 2. The SMILES string of the molecule is CC(C)(C)OC(=O)NC(=O)[C@@H]1CC=CC[C@@H]1C(=O)O. The van der Waals surface area contributed by atoms with Crippen LogP contribution in [0.5, 0.6) is 0 Å². The normalized spacial score (nSPS) is 22.7. The van der Waals surface area contributed by atoms with Crippen molar-refractivity contribution in [1.29, 1.82) is 0 Å². The summed E-state index contributed by atoms with van der Waals surface area (Å²) >= 11 is 0. The van der Waals surface area contributed by atoms with Gasteiger partial charge in [0.05, 0.1) is 11.8 Å². The van der Waals surface area contributed by atoms with Crippen LogP contribution in [0.3, 0.4) is 0 Å². The zero-order chi connectivity index (χ0) is 14.6. The number of alkyl carbamates (subject to hydrolysis) is 1. The van der Waals surface area contributed by atoms with Crippen LogP contribution in [-0.2, 0) is 14.3 Å². The van der Waals surface area contributed by atoms with Gasteiger partial charge in [0.15, 0.2) is 0 Å². The highest BCUT2D eigenvalue weighted by molar-refractivity contribution is 5.95. The van der Waals surface area contributed by atoms with Crippen molar-refractivity contribution < 1.29 is 24.2 Å². The second kappa shape index (κ2) is 5.86. The van der Waals surface area contributed by atoms with E-state index < -0.39 is 35.4 Å². The van der Waals surface area contributed by atoms with Gasteiger partial charge >= 0.3 is 12.1 Å². The molecule has 19 heavy (non-hydrogen) atoms. The maximum atomic E-state index is 11.9. The predicted molar refractivity (Wildman–Crippen MR) is 67.4 cm³/mol. The number of amides is 2. The Morgan fingerprint density at radius 3 is 2.16 bits per heavy atom. The van der Waals surface area contributed by atoms with Gasteiger partial charge in [-0.25, -0.2) is 4.79 Å². The molecule has 0 saturated heterocycles. The van der Waals surface area contributed by atoms with E-state index in [9.17, 15) is 14.4 Å². The van der Waals surface area contributed by atoms with Gasteiger partial charge in [-0.3, -0.25) is 14.9 Å². The molecule has 0 aliphatic heterocycles. The Morgan fingerprint density at radius 2 is 1.68 bits per heavy atom. The molecule has 2 N–H and O–H groups in total. The highest BCUT2D eigenvalue weighted by Gasteiger charge is 2.35. The maximum absolute atomic E-state index is 11.9. The second-order valence-electron chi connectivity index (χ2n) is 5.49. The van der Waals surface area contributed by atoms with E-state index in [1.807, 2.05) is 0 Å². The number of rotatable bonds is 2. The highest BCUT2D eigenvalue weighted by atomic mass is 16.6. The maximum Gasteiger partial charge on any atom is 0.414 e. The standard InChI is InChI=1S/C13H19NO5/c1-13(2,3)19-12(18)14-10(15)8-6-4-5-7-9(8)11(16)17/h4-5,8-9H,6-7H2,1-3H3,(H,16,17)(H,14,15,18)/t8-,9+/m1/s1. The molecule has 0 aromatic carbocycles. The molecule has 0 fully saturated rings. The molecule has 0 radical (unpaired) electrons. The van der Waals surface area contributed by atoms with Crippen molar-refractivity contribution in [1.82, 2.24) is 5.32 Å². The van der Waals surface area contributed by atoms with Crippen LogP contribution < -0.4 is 5.32 Å². The van der Waals surface area contributed by atoms with E-state index in [1.165, 1.54) is 0 Å². The van der Waals surface area contributed by atoms with Gasteiger partial charge in [0.25, 0.3) is 0 Å². The minimum absolute atomic E-state index is 0.293. The Hall–Kier alpha value is -1.85. The average molecular weight is 269 g/mol. The number of allylic oxidation sites excluding steroid dienone is 2. The number of carbonyl (C=O) groups excluding carboxylic acids is 2. The number of aliphatic carboxylic acids is 1. The van der Waals surface area contributed by atoms with Gasteiger partial charge in [0.2, 0.25) is 5.91 Å². The predicted octanol–water partition coefficient (Wildman–Crippen LogP) is 1.70. The second-order valence-corrected chi connectivity index (χ2v) is 5.49. The number of carbonyl (C=O) groups is 3. The van der Waals surface area contributed by atoms with Crippen molar-refractivity contribution in [3.8, 4) is 0 Å². The fraction of sp³-hybridized carbons (Fsp3) is 0.615. The monoisotopic (exact) mass is 269 g/mol. The molecule has 0 unspecified atom stereocenters. The van der Waals surface area contributed by atoms with Crippen LogP contribution in [0.1, 0.15) is 33.6 Å². The summed E-state index contributed by atoms with van der Waals surface area (Å²) in [6.45, 7) is 5.04. The third-order valence-electron chi connectivity index (χ3n) is 2.71.